The number of aliphatic carboxylic acids is 1. The minimum atomic E-state index is -0.988. The lowest BCUT2D eigenvalue weighted by Gasteiger charge is -2.33. The summed E-state index contributed by atoms with van der Waals surface area (Å²) in [7, 11) is 0. The molecule has 1 aromatic heterocycles. The van der Waals surface area contributed by atoms with E-state index in [4.69, 9.17) is 0 Å². The zero-order valence-corrected chi connectivity index (χ0v) is 15.1. The van der Waals surface area contributed by atoms with E-state index >= 15 is 0 Å². The molecule has 142 valence electrons. The highest BCUT2D eigenvalue weighted by atomic mass is 16.4. The van der Waals surface area contributed by atoms with Gasteiger partial charge < -0.3 is 15.3 Å². The lowest BCUT2D eigenvalue weighted by atomic mass is 10.0. The number of nitrogens with zero attached hydrogens (tertiary/aromatic N) is 2. The Balaban J connectivity index is 1.75. The summed E-state index contributed by atoms with van der Waals surface area (Å²) in [4.78, 5) is 37.9. The number of carbonyl (C=O) groups is 3. The van der Waals surface area contributed by atoms with E-state index in [1.165, 1.54) is 4.90 Å². The Labute approximate surface area is 156 Å². The normalized spacial score (nSPS) is 16.8. The maximum atomic E-state index is 12.8. The van der Waals surface area contributed by atoms with E-state index in [9.17, 15) is 19.5 Å². The van der Waals surface area contributed by atoms with Crippen molar-refractivity contribution in [2.24, 2.45) is 0 Å². The van der Waals surface area contributed by atoms with Crippen molar-refractivity contribution in [2.75, 3.05) is 11.9 Å². The van der Waals surface area contributed by atoms with Crippen LogP contribution in [0.5, 0.6) is 0 Å². The van der Waals surface area contributed by atoms with Gasteiger partial charge in [-0.1, -0.05) is 13.0 Å². The molecule has 0 saturated carbocycles. The largest absolute Gasteiger partial charge is 0.480 e. The van der Waals surface area contributed by atoms with Crippen LogP contribution in [0.15, 0.2) is 30.3 Å². The van der Waals surface area contributed by atoms with Crippen LogP contribution in [0.2, 0.25) is 0 Å². The molecule has 2 aromatic rings. The Morgan fingerprint density at radius 3 is 2.81 bits per heavy atom. The van der Waals surface area contributed by atoms with Gasteiger partial charge in [0.05, 0.1) is 0 Å². The summed E-state index contributed by atoms with van der Waals surface area (Å²) < 4.78 is 0. The van der Waals surface area contributed by atoms with Crippen LogP contribution in [0.4, 0.5) is 5.69 Å². The van der Waals surface area contributed by atoms with Crippen molar-refractivity contribution in [3.05, 3.63) is 47.3 Å². The molecule has 1 aliphatic heterocycles. The first-order valence-electron chi connectivity index (χ1n) is 8.99. The predicted octanol–water partition coefficient (Wildman–Crippen LogP) is 2.30. The number of amides is 2. The summed E-state index contributed by atoms with van der Waals surface area (Å²) in [5.74, 6) is -1.71. The molecule has 1 unspecified atom stereocenters. The van der Waals surface area contributed by atoms with Gasteiger partial charge >= 0.3 is 5.97 Å². The third-order valence-corrected chi connectivity index (χ3v) is 4.66. The highest BCUT2D eigenvalue weighted by Gasteiger charge is 2.32. The van der Waals surface area contributed by atoms with Crippen molar-refractivity contribution >= 4 is 23.5 Å². The van der Waals surface area contributed by atoms with E-state index < -0.39 is 12.0 Å². The molecule has 1 aliphatic rings. The number of rotatable bonds is 5. The zero-order chi connectivity index (χ0) is 19.4. The average molecular weight is 370 g/mol. The standard InChI is InChI=1S/C19H22N4O4/c1-2-13-11-15(22-21-13)17(24)20-14-7-5-6-12(10-14)18(25)23-9-4-3-8-16(23)19(26)27/h5-7,10-11,16H,2-4,8-9H2,1H3,(H,20,24)(H,21,22)(H,26,27). The van der Waals surface area contributed by atoms with Crippen LogP contribution in [0.25, 0.3) is 0 Å². The number of aromatic amines is 1. The van der Waals surface area contributed by atoms with Gasteiger partial charge in [-0.05, 0) is 49.9 Å². The number of aromatic nitrogens is 2. The number of piperidine rings is 1. The molecule has 1 aromatic carbocycles. The van der Waals surface area contributed by atoms with Crippen LogP contribution in [-0.4, -0.2) is 50.6 Å². The SMILES string of the molecule is CCc1cc(C(=O)Nc2cccc(C(=O)N3CCCCC3C(=O)O)c2)n[nH]1. The highest BCUT2D eigenvalue weighted by Crippen LogP contribution is 2.21. The molecule has 0 aliphatic carbocycles. The molecule has 8 heteroatoms. The average Bonchev–Trinajstić information content (AvgIpc) is 3.17. The molecule has 2 amide bonds. The molecule has 3 N–H and O–H groups in total. The summed E-state index contributed by atoms with van der Waals surface area (Å²) in [6, 6.07) is 7.38. The number of carboxylic acid groups (broad SMARTS) is 1. The van der Waals surface area contributed by atoms with Gasteiger partial charge in [0.2, 0.25) is 0 Å². The van der Waals surface area contributed by atoms with Crippen molar-refractivity contribution in [1.29, 1.82) is 0 Å². The Morgan fingerprint density at radius 1 is 1.30 bits per heavy atom. The number of aryl methyl sites for hydroxylation is 1. The fourth-order valence-electron chi connectivity index (χ4n) is 3.18. The van der Waals surface area contributed by atoms with Crippen molar-refractivity contribution in [3.63, 3.8) is 0 Å². The number of benzene rings is 1. The van der Waals surface area contributed by atoms with Crippen molar-refractivity contribution in [1.82, 2.24) is 15.1 Å². The number of H-pyrrole nitrogens is 1. The fourth-order valence-corrected chi connectivity index (χ4v) is 3.18. The molecule has 8 nitrogen and oxygen atoms in total. The van der Waals surface area contributed by atoms with Crippen molar-refractivity contribution in [3.8, 4) is 0 Å². The van der Waals surface area contributed by atoms with Crippen LogP contribution in [0.1, 0.15) is 52.7 Å². The summed E-state index contributed by atoms with van der Waals surface area (Å²) in [5, 5.41) is 18.8. The van der Waals surface area contributed by atoms with Crippen LogP contribution in [-0.2, 0) is 11.2 Å². The Hall–Kier alpha value is -3.16. The smallest absolute Gasteiger partial charge is 0.326 e. The number of hydrogen-bond donors (Lipinski definition) is 3. The first kappa shape index (κ1) is 18.6. The molecule has 0 bridgehead atoms. The summed E-state index contributed by atoms with van der Waals surface area (Å²) in [5.41, 5.74) is 1.92. The summed E-state index contributed by atoms with van der Waals surface area (Å²) in [6.45, 7) is 2.37. The first-order chi connectivity index (χ1) is 13.0. The number of nitrogens with one attached hydrogen (secondary N) is 2. The van der Waals surface area contributed by atoms with Crippen molar-refractivity contribution in [2.45, 2.75) is 38.6 Å². The quantitative estimate of drug-likeness (QED) is 0.747. The number of hydrogen-bond acceptors (Lipinski definition) is 4. The first-order valence-corrected chi connectivity index (χ1v) is 8.99. The van der Waals surface area contributed by atoms with E-state index in [-0.39, 0.29) is 17.5 Å². The Morgan fingerprint density at radius 2 is 2.11 bits per heavy atom. The van der Waals surface area contributed by atoms with E-state index in [1.807, 2.05) is 6.92 Å². The highest BCUT2D eigenvalue weighted by molar-refractivity contribution is 6.04. The van der Waals surface area contributed by atoms with Gasteiger partial charge in [0.1, 0.15) is 6.04 Å². The van der Waals surface area contributed by atoms with Gasteiger partial charge in [-0.15, -0.1) is 0 Å². The molecule has 3 rings (SSSR count). The van der Waals surface area contributed by atoms with E-state index in [2.05, 4.69) is 15.5 Å². The van der Waals surface area contributed by atoms with Gasteiger partial charge in [-0.2, -0.15) is 5.10 Å². The van der Waals surface area contributed by atoms with E-state index in [0.717, 1.165) is 25.0 Å². The lowest BCUT2D eigenvalue weighted by molar-refractivity contribution is -0.143. The monoisotopic (exact) mass is 370 g/mol. The van der Waals surface area contributed by atoms with Crippen LogP contribution < -0.4 is 5.32 Å². The third-order valence-electron chi connectivity index (χ3n) is 4.66. The second kappa shape index (κ2) is 8.03. The predicted molar refractivity (Wildman–Crippen MR) is 98.7 cm³/mol. The number of likely N-dealkylation sites (tertiary alicyclic amines) is 1. The zero-order valence-electron chi connectivity index (χ0n) is 15.1. The Kier molecular flexibility index (Phi) is 5.54. The second-order valence-electron chi connectivity index (χ2n) is 6.52. The molecular formula is C19H22N4O4. The third kappa shape index (κ3) is 4.16. The molecule has 1 saturated heterocycles. The second-order valence-corrected chi connectivity index (χ2v) is 6.52. The molecule has 0 radical (unpaired) electrons. The molecular weight excluding hydrogens is 348 g/mol. The minimum absolute atomic E-state index is 0.269. The lowest BCUT2D eigenvalue weighted by Crippen LogP contribution is -2.48. The van der Waals surface area contributed by atoms with Gasteiger partial charge in [0.15, 0.2) is 5.69 Å². The maximum Gasteiger partial charge on any atom is 0.326 e. The number of carboxylic acids is 1. The van der Waals surface area contributed by atoms with Crippen molar-refractivity contribution < 1.29 is 19.5 Å². The summed E-state index contributed by atoms with van der Waals surface area (Å²) in [6.07, 6.45) is 2.77. The molecule has 1 fully saturated rings. The van der Waals surface area contributed by atoms with Crippen LogP contribution >= 0.6 is 0 Å². The molecule has 1 atom stereocenters. The van der Waals surface area contributed by atoms with E-state index in [1.54, 1.807) is 30.3 Å². The molecule has 0 spiro atoms. The number of anilines is 1. The fraction of sp³-hybridized carbons (Fsp3) is 0.368. The van der Waals surface area contributed by atoms with Gasteiger partial charge in [0, 0.05) is 23.5 Å². The minimum Gasteiger partial charge on any atom is -0.480 e. The van der Waals surface area contributed by atoms with Gasteiger partial charge in [-0.3, -0.25) is 14.7 Å². The maximum absolute atomic E-state index is 12.8. The topological polar surface area (TPSA) is 115 Å². The summed E-state index contributed by atoms with van der Waals surface area (Å²) >= 11 is 0. The molecule has 2 heterocycles. The Bertz CT molecular complexity index is 861. The number of carbonyl (C=O) groups excluding carboxylic acids is 2. The van der Waals surface area contributed by atoms with E-state index in [0.29, 0.717) is 24.2 Å². The van der Waals surface area contributed by atoms with Gasteiger partial charge in [0.25, 0.3) is 11.8 Å². The van der Waals surface area contributed by atoms with Crippen LogP contribution in [0, 0.1) is 0 Å². The molecule has 27 heavy (non-hydrogen) atoms. The van der Waals surface area contributed by atoms with Gasteiger partial charge in [-0.25, -0.2) is 4.79 Å². The van der Waals surface area contributed by atoms with Crippen LogP contribution in [0.3, 0.4) is 0 Å².